The van der Waals surface area contributed by atoms with Gasteiger partial charge in [-0.2, -0.15) is 10.1 Å². The molecule has 1 aromatic heterocycles. The van der Waals surface area contributed by atoms with Gasteiger partial charge in [-0.15, -0.1) is 0 Å². The average Bonchev–Trinajstić information content (AvgIpc) is 2.42. The van der Waals surface area contributed by atoms with Gasteiger partial charge in [0.25, 0.3) is 0 Å². The number of alkyl halides is 1. The van der Waals surface area contributed by atoms with Gasteiger partial charge in [-0.1, -0.05) is 17.5 Å². The zero-order chi connectivity index (χ0) is 16.9. The molecule has 0 radical (unpaired) electrons. The lowest BCUT2D eigenvalue weighted by Gasteiger charge is -2.33. The molecule has 0 saturated heterocycles. The number of aliphatic hydroxyl groups excluding tert-OH is 2. The monoisotopic (exact) mass is 350 g/mol. The number of aromatic nitrogens is 3. The number of hydrogen-bond acceptors (Lipinski definition) is 7. The molecule has 1 aromatic rings. The minimum Gasteiger partial charge on any atom is -0.391 e. The molecule has 0 bridgehead atoms. The lowest BCUT2D eigenvalue weighted by molar-refractivity contribution is -0.0844. The Balaban J connectivity index is 3.19. The van der Waals surface area contributed by atoms with Crippen LogP contribution in [-0.2, 0) is 11.3 Å². The molecule has 0 aliphatic heterocycles. The van der Waals surface area contributed by atoms with Gasteiger partial charge < -0.3 is 20.7 Å². The number of hydrogen-bond donors (Lipinski definition) is 3. The van der Waals surface area contributed by atoms with Crippen LogP contribution >= 0.6 is 23.2 Å². The van der Waals surface area contributed by atoms with E-state index in [0.29, 0.717) is 0 Å². The Morgan fingerprint density at radius 3 is 2.68 bits per heavy atom. The first-order valence-electron chi connectivity index (χ1n) is 6.15. The van der Waals surface area contributed by atoms with E-state index < -0.39 is 28.9 Å². The van der Waals surface area contributed by atoms with E-state index in [9.17, 15) is 15.0 Å². The first kappa shape index (κ1) is 18.7. The van der Waals surface area contributed by atoms with Crippen molar-refractivity contribution in [3.05, 3.63) is 16.7 Å². The topological polar surface area (TPSA) is 123 Å². The van der Waals surface area contributed by atoms with Crippen LogP contribution < -0.4 is 11.4 Å². The Bertz CT molecular complexity index is 628. The number of rotatable bonds is 6. The van der Waals surface area contributed by atoms with Crippen LogP contribution in [0, 0.1) is 11.3 Å². The summed E-state index contributed by atoms with van der Waals surface area (Å²) >= 11 is 11.7. The molecule has 0 amide bonds. The van der Waals surface area contributed by atoms with Crippen LogP contribution in [0.25, 0.3) is 0 Å². The van der Waals surface area contributed by atoms with Gasteiger partial charge in [-0.25, -0.2) is 9.48 Å². The zero-order valence-corrected chi connectivity index (χ0v) is 13.4. The molecular weight excluding hydrogens is 335 g/mol. The van der Waals surface area contributed by atoms with Gasteiger partial charge in [0.2, 0.25) is 0 Å². The second kappa shape index (κ2) is 7.76. The van der Waals surface area contributed by atoms with E-state index in [4.69, 9.17) is 33.7 Å². The molecular formula is C12H16Cl2N4O4. The maximum atomic E-state index is 11.7. The first-order valence-corrected chi connectivity index (χ1v) is 6.91. The molecule has 22 heavy (non-hydrogen) atoms. The number of nitrogens with two attached hydrogens (primary N) is 1. The molecule has 1 rings (SSSR count). The van der Waals surface area contributed by atoms with E-state index in [0.717, 1.165) is 10.9 Å². The molecule has 122 valence electrons. The summed E-state index contributed by atoms with van der Waals surface area (Å²) in [6.07, 6.45) is -2.39. The Hall–Kier alpha value is -1.37. The Morgan fingerprint density at radius 1 is 1.59 bits per heavy atom. The highest BCUT2D eigenvalue weighted by atomic mass is 35.5. The summed E-state index contributed by atoms with van der Waals surface area (Å²) in [7, 11) is 1.29. The largest absolute Gasteiger partial charge is 0.391 e. The van der Waals surface area contributed by atoms with Gasteiger partial charge in [0.05, 0.1) is 18.8 Å². The fourth-order valence-corrected chi connectivity index (χ4v) is 2.34. The van der Waals surface area contributed by atoms with E-state index in [2.05, 4.69) is 21.4 Å². The van der Waals surface area contributed by atoms with Gasteiger partial charge in [0.1, 0.15) is 18.0 Å². The van der Waals surface area contributed by atoms with Crippen LogP contribution in [0.5, 0.6) is 0 Å². The van der Waals surface area contributed by atoms with E-state index in [1.54, 1.807) is 0 Å². The van der Waals surface area contributed by atoms with Gasteiger partial charge in [0.15, 0.2) is 4.87 Å². The van der Waals surface area contributed by atoms with Crippen molar-refractivity contribution in [1.29, 1.82) is 0 Å². The highest BCUT2D eigenvalue weighted by Gasteiger charge is 2.42. The van der Waals surface area contributed by atoms with Gasteiger partial charge in [-0.05, 0) is 18.5 Å². The van der Waals surface area contributed by atoms with Crippen LogP contribution in [-0.4, -0.2) is 55.3 Å². The Labute approximate surface area is 136 Å². The molecule has 0 saturated carbocycles. The lowest BCUT2D eigenvalue weighted by atomic mass is 9.94. The van der Waals surface area contributed by atoms with Crippen LogP contribution in [0.4, 0.5) is 5.82 Å². The van der Waals surface area contributed by atoms with Gasteiger partial charge >= 0.3 is 5.69 Å². The van der Waals surface area contributed by atoms with Crippen molar-refractivity contribution in [2.75, 3.05) is 12.8 Å². The van der Waals surface area contributed by atoms with Crippen molar-refractivity contribution in [3.63, 3.8) is 0 Å². The first-order chi connectivity index (χ1) is 10.2. The van der Waals surface area contributed by atoms with Crippen LogP contribution in [0.15, 0.2) is 11.0 Å². The van der Waals surface area contributed by atoms with Crippen LogP contribution in [0.2, 0.25) is 0 Å². The third-order valence-corrected chi connectivity index (χ3v) is 3.47. The van der Waals surface area contributed by atoms with E-state index in [-0.39, 0.29) is 12.4 Å². The minimum atomic E-state index is -1.73. The Morgan fingerprint density at radius 2 is 2.23 bits per heavy atom. The van der Waals surface area contributed by atoms with Crippen molar-refractivity contribution in [2.45, 2.75) is 36.7 Å². The zero-order valence-electron chi connectivity index (χ0n) is 11.9. The van der Waals surface area contributed by atoms with E-state index in [1.807, 2.05) is 0 Å². The molecule has 0 spiro atoms. The maximum Gasteiger partial charge on any atom is 0.366 e. The number of methoxy groups -OCH3 is 1. The predicted molar refractivity (Wildman–Crippen MR) is 81.4 cm³/mol. The number of nitrogens with zero attached hydrogens (tertiary/aromatic N) is 3. The van der Waals surface area contributed by atoms with Crippen molar-refractivity contribution in [2.24, 2.45) is 0 Å². The second-order valence-electron chi connectivity index (χ2n) is 4.59. The number of nitrogen functional groups attached to an aromatic ring is 1. The fourth-order valence-electron chi connectivity index (χ4n) is 1.84. The normalized spacial score (nSPS) is 17.7. The minimum absolute atomic E-state index is 0.0517. The maximum absolute atomic E-state index is 11.7. The van der Waals surface area contributed by atoms with Crippen molar-refractivity contribution in [3.8, 4) is 11.3 Å². The molecule has 0 aliphatic rings. The van der Waals surface area contributed by atoms with E-state index in [1.165, 1.54) is 14.0 Å². The molecule has 10 heteroatoms. The summed E-state index contributed by atoms with van der Waals surface area (Å²) < 4.78 is 5.89. The smallest absolute Gasteiger partial charge is 0.366 e. The summed E-state index contributed by atoms with van der Waals surface area (Å²) in [5.74, 6) is 2.35. The summed E-state index contributed by atoms with van der Waals surface area (Å²) in [5, 5.41) is 25.8. The SMILES string of the molecule is CO[C@H]([C@H](C)O)[C@H](O)C(Cl)(C#CCl)Cn1ncc(N)nc1=O. The number of halogens is 2. The van der Waals surface area contributed by atoms with Gasteiger partial charge in [-0.3, -0.25) is 0 Å². The lowest BCUT2D eigenvalue weighted by Crippen LogP contribution is -2.52. The number of aliphatic hydroxyl groups is 2. The highest BCUT2D eigenvalue weighted by Crippen LogP contribution is 2.26. The molecule has 0 fully saturated rings. The molecule has 0 aromatic carbocycles. The molecule has 0 aliphatic carbocycles. The number of anilines is 1. The molecule has 4 N–H and O–H groups in total. The fraction of sp³-hybridized carbons (Fsp3) is 0.583. The third-order valence-electron chi connectivity index (χ3n) is 2.94. The quantitative estimate of drug-likeness (QED) is 0.451. The van der Waals surface area contributed by atoms with Crippen LogP contribution in [0.3, 0.4) is 0 Å². The molecule has 4 atom stereocenters. The third kappa shape index (κ3) is 4.32. The Kier molecular flexibility index (Phi) is 6.59. The molecule has 8 nitrogen and oxygen atoms in total. The number of ether oxygens (including phenoxy) is 1. The van der Waals surface area contributed by atoms with Crippen LogP contribution in [0.1, 0.15) is 6.92 Å². The van der Waals surface area contributed by atoms with Crippen molar-refractivity contribution < 1.29 is 14.9 Å². The molecule has 1 heterocycles. The summed E-state index contributed by atoms with van der Waals surface area (Å²) in [6, 6.07) is 0. The van der Waals surface area contributed by atoms with Gasteiger partial charge in [0, 0.05) is 12.5 Å². The summed E-state index contributed by atoms with van der Waals surface area (Å²) in [4.78, 5) is 13.5. The highest BCUT2D eigenvalue weighted by molar-refractivity contribution is 6.32. The van der Waals surface area contributed by atoms with Crippen molar-refractivity contribution >= 4 is 29.0 Å². The van der Waals surface area contributed by atoms with E-state index >= 15 is 0 Å². The summed E-state index contributed by atoms with van der Waals surface area (Å²) in [6.45, 7) is 1.08. The average molecular weight is 351 g/mol. The predicted octanol–water partition coefficient (Wildman–Crippen LogP) is -0.846. The standard InChI is InChI=1S/C12H16Cl2N4O4/c1-7(19)9(22-2)10(20)12(14,3-4-13)6-18-11(21)17-8(15)5-16-18/h5,7,9-10,19-20H,6H2,1-2H3,(H2,15,17,21)/t7-,9+,10-,12?/m0/s1. The second-order valence-corrected chi connectivity index (χ2v) is 5.45. The summed E-state index contributed by atoms with van der Waals surface area (Å²) in [5.41, 5.74) is 4.58. The molecule has 1 unspecified atom stereocenters. The van der Waals surface area contributed by atoms with Crippen molar-refractivity contribution in [1.82, 2.24) is 14.8 Å².